The molecule has 0 heterocycles. The molecule has 0 spiro atoms. The van der Waals surface area contributed by atoms with Crippen molar-refractivity contribution in [1.82, 2.24) is 0 Å². The molecule has 0 aromatic heterocycles. The Morgan fingerprint density at radius 1 is 0.975 bits per heavy atom. The van der Waals surface area contributed by atoms with Gasteiger partial charge in [0.1, 0.15) is 11.6 Å². The first-order chi connectivity index (χ1) is 19.4. The molecular formula is C35H61FN2O2. The number of nitrogens with two attached hydrogens (primary N) is 2. The molecule has 1 atom stereocenters. The Kier molecular flexibility index (Phi) is 29.7. The first kappa shape index (κ1) is 39.9. The molecule has 1 aliphatic rings. The number of rotatable bonds is 13. The van der Waals surface area contributed by atoms with Gasteiger partial charge in [-0.1, -0.05) is 114 Å². The van der Waals surface area contributed by atoms with Gasteiger partial charge in [0, 0.05) is 0 Å². The first-order valence-electron chi connectivity index (χ1n) is 15.4. The van der Waals surface area contributed by atoms with E-state index in [9.17, 15) is 4.39 Å². The van der Waals surface area contributed by atoms with Crippen LogP contribution >= 0.6 is 0 Å². The summed E-state index contributed by atoms with van der Waals surface area (Å²) in [6.45, 7) is 16.1. The zero-order chi connectivity index (χ0) is 30.4. The van der Waals surface area contributed by atoms with E-state index in [0.29, 0.717) is 0 Å². The quantitative estimate of drug-likeness (QED) is 0.129. The smallest absolute Gasteiger partial charge is 0.123 e. The van der Waals surface area contributed by atoms with Gasteiger partial charge in [0.2, 0.25) is 0 Å². The molecule has 230 valence electrons. The predicted molar refractivity (Wildman–Crippen MR) is 172 cm³/mol. The number of aryl methyl sites for hydroxylation is 2. The summed E-state index contributed by atoms with van der Waals surface area (Å²) in [6.07, 6.45) is 17.9. The van der Waals surface area contributed by atoms with Crippen LogP contribution in [0.1, 0.15) is 109 Å². The fraction of sp³-hybridized carbons (Fsp3) is 0.600. The Hall–Kier alpha value is -2.21. The molecular weight excluding hydrogens is 499 g/mol. The van der Waals surface area contributed by atoms with E-state index in [-0.39, 0.29) is 5.82 Å². The third-order valence-electron chi connectivity index (χ3n) is 6.96. The molecule has 0 saturated heterocycles. The van der Waals surface area contributed by atoms with Crippen molar-refractivity contribution in [2.24, 2.45) is 23.5 Å². The van der Waals surface area contributed by atoms with E-state index >= 15 is 0 Å². The van der Waals surface area contributed by atoms with Crippen molar-refractivity contribution in [2.75, 3.05) is 13.2 Å². The lowest BCUT2D eigenvalue weighted by Gasteiger charge is -2.24. The molecule has 0 amide bonds. The molecule has 0 bridgehead atoms. The SMILES string of the molecule is C=CCCCC(CC)CN.CCCC1CCC1.CCCCCOc1ccccc1C.Cc1ccc(F)cc1.NO. The summed E-state index contributed by atoms with van der Waals surface area (Å²) in [7, 11) is 0. The largest absolute Gasteiger partial charge is 0.493 e. The molecule has 4 nitrogen and oxygen atoms in total. The third kappa shape index (κ3) is 23.7. The molecule has 40 heavy (non-hydrogen) atoms. The van der Waals surface area contributed by atoms with Gasteiger partial charge in [0.15, 0.2) is 0 Å². The zero-order valence-corrected chi connectivity index (χ0v) is 26.3. The highest BCUT2D eigenvalue weighted by Crippen LogP contribution is 2.29. The average Bonchev–Trinajstić information content (AvgIpc) is 2.96. The maximum Gasteiger partial charge on any atom is 0.123 e. The maximum absolute atomic E-state index is 12.1. The number of hydrogen-bond acceptors (Lipinski definition) is 4. The van der Waals surface area contributed by atoms with E-state index in [2.05, 4.69) is 46.2 Å². The standard InChI is InChI=1S/C12H18O.C9H19N.C7H7F.C7H14.H3NO/c1-3-4-7-10-13-12-9-6-5-8-11(12)2;1-3-5-6-7-9(4-2)8-10;1-6-2-4-7(8)5-3-6;1-2-4-7-5-3-6-7;1-2/h5-6,8-9H,3-4,7,10H2,1-2H3;3,9H,1,4-8,10H2,2H3;2-5H,1H3;7H,2-6H2,1H3;2H,1H2. The van der Waals surface area contributed by atoms with Crippen LogP contribution in [0.2, 0.25) is 0 Å². The summed E-state index contributed by atoms with van der Waals surface area (Å²) in [5.41, 5.74) is 7.85. The molecule has 0 aliphatic heterocycles. The second-order valence-corrected chi connectivity index (χ2v) is 10.4. The van der Waals surface area contributed by atoms with Gasteiger partial charge < -0.3 is 15.7 Å². The van der Waals surface area contributed by atoms with Crippen molar-refractivity contribution in [3.63, 3.8) is 0 Å². The Morgan fingerprint density at radius 2 is 1.62 bits per heavy atom. The van der Waals surface area contributed by atoms with Crippen LogP contribution in [0.25, 0.3) is 0 Å². The minimum Gasteiger partial charge on any atom is -0.493 e. The van der Waals surface area contributed by atoms with E-state index < -0.39 is 0 Å². The van der Waals surface area contributed by atoms with Crippen molar-refractivity contribution < 1.29 is 14.3 Å². The molecule has 3 rings (SSSR count). The van der Waals surface area contributed by atoms with Gasteiger partial charge in [-0.3, -0.25) is 0 Å². The Bertz CT molecular complexity index is 769. The minimum absolute atomic E-state index is 0.171. The molecule has 5 heteroatoms. The number of unbranched alkanes of at least 4 members (excludes halogenated alkanes) is 3. The summed E-state index contributed by atoms with van der Waals surface area (Å²) in [4.78, 5) is 0. The van der Waals surface area contributed by atoms with Crippen molar-refractivity contribution in [1.29, 1.82) is 0 Å². The Morgan fingerprint density at radius 3 is 2.05 bits per heavy atom. The highest BCUT2D eigenvalue weighted by Gasteiger charge is 2.14. The van der Waals surface area contributed by atoms with Crippen molar-refractivity contribution >= 4 is 0 Å². The molecule has 2 aromatic carbocycles. The normalized spacial score (nSPS) is 12.3. The Balaban J connectivity index is 0. The lowest BCUT2D eigenvalue weighted by atomic mass is 9.82. The van der Waals surface area contributed by atoms with Gasteiger partial charge in [-0.15, -0.1) is 6.58 Å². The van der Waals surface area contributed by atoms with E-state index in [1.54, 1.807) is 12.1 Å². The van der Waals surface area contributed by atoms with Crippen LogP contribution in [0.3, 0.4) is 0 Å². The fourth-order valence-electron chi connectivity index (χ4n) is 4.02. The number of ether oxygens (including phenoxy) is 1. The average molecular weight is 561 g/mol. The van der Waals surface area contributed by atoms with Crippen LogP contribution in [-0.4, -0.2) is 18.4 Å². The van der Waals surface area contributed by atoms with Crippen LogP contribution < -0.4 is 16.4 Å². The topological polar surface area (TPSA) is 81.5 Å². The second-order valence-electron chi connectivity index (χ2n) is 10.4. The molecule has 1 unspecified atom stereocenters. The highest BCUT2D eigenvalue weighted by atomic mass is 19.1. The fourth-order valence-corrected chi connectivity index (χ4v) is 4.02. The summed E-state index contributed by atoms with van der Waals surface area (Å²) in [5.74, 6) is 6.22. The van der Waals surface area contributed by atoms with E-state index in [0.717, 1.165) is 49.1 Å². The van der Waals surface area contributed by atoms with Gasteiger partial charge >= 0.3 is 0 Å². The number of benzene rings is 2. The van der Waals surface area contributed by atoms with Crippen molar-refractivity contribution in [3.8, 4) is 5.75 Å². The number of allylic oxidation sites excluding steroid dienone is 1. The van der Waals surface area contributed by atoms with Gasteiger partial charge in [0.25, 0.3) is 0 Å². The lowest BCUT2D eigenvalue weighted by Crippen LogP contribution is -2.12. The number of halogens is 1. The molecule has 1 saturated carbocycles. The monoisotopic (exact) mass is 560 g/mol. The van der Waals surface area contributed by atoms with Crippen LogP contribution in [-0.2, 0) is 0 Å². The van der Waals surface area contributed by atoms with Gasteiger partial charge in [-0.2, -0.15) is 0 Å². The van der Waals surface area contributed by atoms with Gasteiger partial charge in [0.05, 0.1) is 6.61 Å². The van der Waals surface area contributed by atoms with E-state index in [4.69, 9.17) is 15.7 Å². The number of para-hydroxylation sites is 1. The zero-order valence-electron chi connectivity index (χ0n) is 26.3. The van der Waals surface area contributed by atoms with E-state index in [1.807, 2.05) is 31.2 Å². The number of hydrogen-bond donors (Lipinski definition) is 3. The molecule has 1 fully saturated rings. The van der Waals surface area contributed by atoms with Crippen LogP contribution in [0.15, 0.2) is 61.2 Å². The van der Waals surface area contributed by atoms with Crippen molar-refractivity contribution in [3.05, 3.63) is 78.1 Å². The highest BCUT2D eigenvalue weighted by molar-refractivity contribution is 5.31. The van der Waals surface area contributed by atoms with Gasteiger partial charge in [-0.25, -0.2) is 10.3 Å². The predicted octanol–water partition coefficient (Wildman–Crippen LogP) is 9.95. The maximum atomic E-state index is 12.1. The summed E-state index contributed by atoms with van der Waals surface area (Å²) >= 11 is 0. The molecule has 5 N–H and O–H groups in total. The van der Waals surface area contributed by atoms with Crippen LogP contribution in [0, 0.1) is 31.5 Å². The molecule has 1 aliphatic carbocycles. The lowest BCUT2D eigenvalue weighted by molar-refractivity contribution is 0.294. The molecule has 2 aromatic rings. The Labute approximate surface area is 246 Å². The van der Waals surface area contributed by atoms with E-state index in [1.165, 1.54) is 81.9 Å². The summed E-state index contributed by atoms with van der Waals surface area (Å²) in [5, 5.41) is 6.50. The molecule has 0 radical (unpaired) electrons. The van der Waals surface area contributed by atoms with Gasteiger partial charge in [-0.05, 0) is 81.7 Å². The van der Waals surface area contributed by atoms with Crippen molar-refractivity contribution in [2.45, 2.75) is 112 Å². The van der Waals surface area contributed by atoms with Crippen LogP contribution in [0.4, 0.5) is 4.39 Å². The third-order valence-corrected chi connectivity index (χ3v) is 6.96. The summed E-state index contributed by atoms with van der Waals surface area (Å²) in [6, 6.07) is 14.6. The van der Waals surface area contributed by atoms with Crippen LogP contribution in [0.5, 0.6) is 5.75 Å². The minimum atomic E-state index is -0.171. The first-order valence-corrected chi connectivity index (χ1v) is 15.4. The summed E-state index contributed by atoms with van der Waals surface area (Å²) < 4.78 is 17.7. The second kappa shape index (κ2) is 29.8.